The monoisotopic (exact) mass is 447 g/mol. The number of amides is 2. The van der Waals surface area contributed by atoms with Gasteiger partial charge in [0.2, 0.25) is 0 Å². The summed E-state index contributed by atoms with van der Waals surface area (Å²) >= 11 is 6.14. The predicted octanol–water partition coefficient (Wildman–Crippen LogP) is 3.92. The number of nitrogens with two attached hydrogens (primary N) is 1. The van der Waals surface area contributed by atoms with Crippen LogP contribution in [-0.4, -0.2) is 22.7 Å². The first-order valence-electron chi connectivity index (χ1n) is 9.67. The average molecular weight is 448 g/mol. The highest BCUT2D eigenvalue weighted by atomic mass is 35.5. The molecule has 3 N–H and O–H groups in total. The maximum absolute atomic E-state index is 12.8. The van der Waals surface area contributed by atoms with Gasteiger partial charge in [-0.25, -0.2) is 4.79 Å². The van der Waals surface area contributed by atoms with Crippen LogP contribution in [0.15, 0.2) is 89.6 Å². The van der Waals surface area contributed by atoms with Crippen molar-refractivity contribution in [3.8, 4) is 5.75 Å². The topological polar surface area (TPSA) is 102 Å². The van der Waals surface area contributed by atoms with Crippen molar-refractivity contribution in [2.24, 2.45) is 0 Å². The molecule has 0 spiro atoms. The quantitative estimate of drug-likeness (QED) is 0.257. The molecule has 0 bridgehead atoms. The highest BCUT2D eigenvalue weighted by Crippen LogP contribution is 2.27. The number of hydrogen-bond donors (Lipinski definition) is 2. The Balaban J connectivity index is 1.43. The molecular formula is C24H18ClN3O4. The van der Waals surface area contributed by atoms with Crippen molar-refractivity contribution in [3.05, 3.63) is 101 Å². The Kier molecular flexibility index (Phi) is 5.91. The largest absolute Gasteiger partial charge is 0.423 e. The van der Waals surface area contributed by atoms with E-state index in [4.69, 9.17) is 22.1 Å². The van der Waals surface area contributed by atoms with E-state index in [2.05, 4.69) is 5.32 Å². The fourth-order valence-electron chi connectivity index (χ4n) is 3.10. The number of benzene rings is 3. The Morgan fingerprint density at radius 2 is 1.56 bits per heavy atom. The summed E-state index contributed by atoms with van der Waals surface area (Å²) in [7, 11) is 0. The number of carbonyl (C=O) groups is 3. The summed E-state index contributed by atoms with van der Waals surface area (Å²) in [6.07, 6.45) is 0. The molecule has 0 fully saturated rings. The molecule has 0 aliphatic carbocycles. The van der Waals surface area contributed by atoms with E-state index in [1.165, 1.54) is 0 Å². The minimum absolute atomic E-state index is 0.00945. The molecule has 0 unspecified atom stereocenters. The SMILES string of the molecule is Nc1ccc(OC(=O)c2ccc(NC3=C(Cl)C(=O)N(Cc4ccccc4)C3=O)cc2)cc1. The highest BCUT2D eigenvalue weighted by Gasteiger charge is 2.37. The van der Waals surface area contributed by atoms with E-state index < -0.39 is 17.8 Å². The van der Waals surface area contributed by atoms with E-state index in [1.807, 2.05) is 30.3 Å². The number of carbonyl (C=O) groups excluding carboxylic acids is 3. The Bertz CT molecular complexity index is 1210. The van der Waals surface area contributed by atoms with E-state index in [0.717, 1.165) is 10.5 Å². The third-order valence-corrected chi connectivity index (χ3v) is 5.13. The number of hydrogen-bond acceptors (Lipinski definition) is 6. The van der Waals surface area contributed by atoms with Gasteiger partial charge in [-0.1, -0.05) is 41.9 Å². The minimum atomic E-state index is -0.563. The Morgan fingerprint density at radius 1 is 0.906 bits per heavy atom. The predicted molar refractivity (Wildman–Crippen MR) is 121 cm³/mol. The van der Waals surface area contributed by atoms with Crippen molar-refractivity contribution in [2.75, 3.05) is 11.1 Å². The molecule has 0 radical (unpaired) electrons. The van der Waals surface area contributed by atoms with Crippen LogP contribution in [0.5, 0.6) is 5.75 Å². The van der Waals surface area contributed by atoms with E-state index in [0.29, 0.717) is 22.7 Å². The summed E-state index contributed by atoms with van der Waals surface area (Å²) in [5.41, 5.74) is 7.79. The number of rotatable bonds is 6. The molecule has 1 aliphatic heterocycles. The van der Waals surface area contributed by atoms with Crippen LogP contribution in [0.1, 0.15) is 15.9 Å². The first kappa shape index (κ1) is 21.1. The molecule has 32 heavy (non-hydrogen) atoms. The van der Waals surface area contributed by atoms with Crippen LogP contribution in [-0.2, 0) is 16.1 Å². The number of esters is 1. The van der Waals surface area contributed by atoms with Gasteiger partial charge in [-0.3, -0.25) is 14.5 Å². The molecule has 7 nitrogen and oxygen atoms in total. The van der Waals surface area contributed by atoms with Gasteiger partial charge in [0.1, 0.15) is 16.5 Å². The normalized spacial score (nSPS) is 13.5. The van der Waals surface area contributed by atoms with Crippen LogP contribution in [0, 0.1) is 0 Å². The molecular weight excluding hydrogens is 430 g/mol. The third kappa shape index (κ3) is 4.48. The molecule has 1 aliphatic rings. The molecule has 0 aromatic heterocycles. The van der Waals surface area contributed by atoms with Gasteiger partial charge in [-0.15, -0.1) is 0 Å². The lowest BCUT2D eigenvalue weighted by Gasteiger charge is -2.15. The van der Waals surface area contributed by atoms with Crippen LogP contribution in [0.25, 0.3) is 0 Å². The smallest absolute Gasteiger partial charge is 0.343 e. The average Bonchev–Trinajstić information content (AvgIpc) is 3.00. The third-order valence-electron chi connectivity index (χ3n) is 4.78. The fourth-order valence-corrected chi connectivity index (χ4v) is 3.33. The summed E-state index contributed by atoms with van der Waals surface area (Å²) in [6, 6.07) is 21.9. The van der Waals surface area contributed by atoms with Crippen molar-refractivity contribution in [1.29, 1.82) is 0 Å². The second kappa shape index (κ2) is 8.95. The number of nitrogens with zero attached hydrogens (tertiary/aromatic N) is 1. The molecule has 8 heteroatoms. The van der Waals surface area contributed by atoms with Gasteiger partial charge in [-0.05, 0) is 54.1 Å². The number of ether oxygens (including phenoxy) is 1. The number of nitrogens with one attached hydrogen (secondary N) is 1. The number of anilines is 2. The summed E-state index contributed by atoms with van der Waals surface area (Å²) in [4.78, 5) is 38.6. The molecule has 3 aromatic carbocycles. The van der Waals surface area contributed by atoms with Crippen molar-refractivity contribution in [3.63, 3.8) is 0 Å². The molecule has 1 heterocycles. The standard InChI is InChI=1S/C24H18ClN3O4/c25-20-21(23(30)28(22(20)29)14-15-4-2-1-3-5-15)27-18-10-6-16(7-11-18)24(31)32-19-12-8-17(26)9-13-19/h1-13,27H,14,26H2. The van der Waals surface area contributed by atoms with Crippen LogP contribution < -0.4 is 15.8 Å². The first-order valence-corrected chi connectivity index (χ1v) is 10.0. The minimum Gasteiger partial charge on any atom is -0.423 e. The maximum Gasteiger partial charge on any atom is 0.343 e. The van der Waals surface area contributed by atoms with E-state index in [9.17, 15) is 14.4 Å². The van der Waals surface area contributed by atoms with Gasteiger partial charge in [0, 0.05) is 11.4 Å². The Hall–Kier alpha value is -4.10. The summed E-state index contributed by atoms with van der Waals surface area (Å²) in [5, 5.41) is 2.70. The zero-order valence-electron chi connectivity index (χ0n) is 16.7. The van der Waals surface area contributed by atoms with E-state index in [1.54, 1.807) is 48.5 Å². The molecule has 3 aromatic rings. The second-order valence-corrected chi connectivity index (χ2v) is 7.41. The summed E-state index contributed by atoms with van der Waals surface area (Å²) < 4.78 is 5.30. The maximum atomic E-state index is 12.8. The van der Waals surface area contributed by atoms with Gasteiger partial charge in [0.05, 0.1) is 12.1 Å². The molecule has 2 amide bonds. The lowest BCUT2D eigenvalue weighted by atomic mass is 10.2. The van der Waals surface area contributed by atoms with Gasteiger partial charge < -0.3 is 15.8 Å². The Labute approximate surface area is 189 Å². The zero-order chi connectivity index (χ0) is 22.7. The summed E-state index contributed by atoms with van der Waals surface area (Å²) in [5.74, 6) is -1.25. The molecule has 0 saturated carbocycles. The van der Waals surface area contributed by atoms with Gasteiger partial charge in [-0.2, -0.15) is 0 Å². The van der Waals surface area contributed by atoms with Gasteiger partial charge in [0.15, 0.2) is 0 Å². The van der Waals surface area contributed by atoms with Crippen LogP contribution in [0.3, 0.4) is 0 Å². The van der Waals surface area contributed by atoms with Gasteiger partial charge >= 0.3 is 5.97 Å². The van der Waals surface area contributed by atoms with E-state index >= 15 is 0 Å². The van der Waals surface area contributed by atoms with Crippen molar-refractivity contribution in [1.82, 2.24) is 4.90 Å². The van der Waals surface area contributed by atoms with Crippen molar-refractivity contribution in [2.45, 2.75) is 6.54 Å². The van der Waals surface area contributed by atoms with E-state index in [-0.39, 0.29) is 17.3 Å². The molecule has 0 saturated heterocycles. The van der Waals surface area contributed by atoms with Crippen molar-refractivity contribution >= 4 is 40.8 Å². The van der Waals surface area contributed by atoms with Crippen LogP contribution >= 0.6 is 11.6 Å². The zero-order valence-corrected chi connectivity index (χ0v) is 17.5. The molecule has 4 rings (SSSR count). The van der Waals surface area contributed by atoms with Crippen LogP contribution in [0.4, 0.5) is 11.4 Å². The lowest BCUT2D eigenvalue weighted by Crippen LogP contribution is -2.31. The van der Waals surface area contributed by atoms with Crippen molar-refractivity contribution < 1.29 is 19.1 Å². The number of imide groups is 1. The number of nitrogen functional groups attached to an aromatic ring is 1. The lowest BCUT2D eigenvalue weighted by molar-refractivity contribution is -0.138. The van der Waals surface area contributed by atoms with Gasteiger partial charge in [0.25, 0.3) is 11.8 Å². The second-order valence-electron chi connectivity index (χ2n) is 7.03. The highest BCUT2D eigenvalue weighted by molar-refractivity contribution is 6.48. The first-order chi connectivity index (χ1) is 15.4. The number of halogens is 1. The fraction of sp³-hybridized carbons (Fsp3) is 0.0417. The van der Waals surface area contributed by atoms with Crippen LogP contribution in [0.2, 0.25) is 0 Å². The molecule has 160 valence electrons. The summed E-state index contributed by atoms with van der Waals surface area (Å²) in [6.45, 7) is 0.121. The molecule has 0 atom stereocenters. The Morgan fingerprint density at radius 3 is 2.22 bits per heavy atom.